The molecule has 2 nitrogen and oxygen atoms in total. The van der Waals surface area contributed by atoms with Crippen LogP contribution in [-0.2, 0) is 5.41 Å². The molecule has 0 bridgehead atoms. The average Bonchev–Trinajstić information content (AvgIpc) is 3.91. The maximum Gasteiger partial charge on any atom is 0.145 e. The fourth-order valence-electron chi connectivity index (χ4n) is 9.83. The number of nitrogens with zero attached hydrogens (tertiary/aromatic N) is 2. The third-order valence-electron chi connectivity index (χ3n) is 12.2. The molecule has 56 heavy (non-hydrogen) atoms. The van der Waals surface area contributed by atoms with Gasteiger partial charge in [0.15, 0.2) is 0 Å². The molecule has 0 fully saturated rings. The van der Waals surface area contributed by atoms with Gasteiger partial charge in [-0.3, -0.25) is 4.57 Å². The fourth-order valence-corrected chi connectivity index (χ4v) is 9.83. The van der Waals surface area contributed by atoms with E-state index in [1.54, 1.807) is 0 Å². The molecule has 2 aliphatic rings. The van der Waals surface area contributed by atoms with E-state index in [1.807, 2.05) is 0 Å². The van der Waals surface area contributed by atoms with Gasteiger partial charge in [0.25, 0.3) is 0 Å². The number of rotatable bonds is 4. The molecule has 9 aromatic carbocycles. The highest BCUT2D eigenvalue weighted by molar-refractivity contribution is 6.00. The second kappa shape index (κ2) is 11.9. The minimum absolute atomic E-state index is 0.450. The van der Waals surface area contributed by atoms with Gasteiger partial charge in [0.05, 0.1) is 16.4 Å². The molecule has 0 amide bonds. The third-order valence-corrected chi connectivity index (χ3v) is 12.2. The van der Waals surface area contributed by atoms with Crippen molar-refractivity contribution in [3.05, 3.63) is 229 Å². The highest BCUT2D eigenvalue weighted by Gasteiger charge is 2.51. The van der Waals surface area contributed by atoms with E-state index in [0.717, 1.165) is 28.1 Å². The first-order valence-electron chi connectivity index (χ1n) is 19.4. The summed E-state index contributed by atoms with van der Waals surface area (Å²) in [6.45, 7) is 0. The molecule has 0 saturated carbocycles. The van der Waals surface area contributed by atoms with E-state index in [1.165, 1.54) is 77.5 Å². The van der Waals surface area contributed by atoms with E-state index in [0.29, 0.717) is 0 Å². The molecule has 1 aromatic heterocycles. The monoisotopic (exact) mass is 710 g/mol. The second-order valence-corrected chi connectivity index (χ2v) is 15.1. The highest BCUT2D eigenvalue weighted by atomic mass is 15.1. The van der Waals surface area contributed by atoms with Crippen molar-refractivity contribution in [2.45, 2.75) is 5.41 Å². The Kier molecular flexibility index (Phi) is 6.58. The summed E-state index contributed by atoms with van der Waals surface area (Å²) in [6, 6.07) is 75.7. The number of imidazole rings is 1. The largest absolute Gasteiger partial charge is 0.292 e. The summed E-state index contributed by atoms with van der Waals surface area (Å²) in [5, 5.41) is 2.53. The molecule has 0 saturated heterocycles. The van der Waals surface area contributed by atoms with Gasteiger partial charge in [0.1, 0.15) is 5.82 Å². The molecular formula is C54H34N2. The predicted octanol–water partition coefficient (Wildman–Crippen LogP) is 13.5. The zero-order chi connectivity index (χ0) is 36.8. The topological polar surface area (TPSA) is 17.8 Å². The summed E-state index contributed by atoms with van der Waals surface area (Å²) in [5.41, 5.74) is 19.3. The van der Waals surface area contributed by atoms with Crippen LogP contribution in [0.25, 0.3) is 83.4 Å². The number of hydrogen-bond donors (Lipinski definition) is 0. The van der Waals surface area contributed by atoms with Crippen LogP contribution in [0.2, 0.25) is 0 Å². The summed E-state index contributed by atoms with van der Waals surface area (Å²) in [4.78, 5) is 5.08. The zero-order valence-corrected chi connectivity index (χ0v) is 30.5. The summed E-state index contributed by atoms with van der Waals surface area (Å²) >= 11 is 0. The minimum Gasteiger partial charge on any atom is -0.292 e. The Morgan fingerprint density at radius 1 is 0.357 bits per heavy atom. The van der Waals surface area contributed by atoms with Crippen LogP contribution in [0.1, 0.15) is 22.3 Å². The number of aromatic nitrogens is 2. The van der Waals surface area contributed by atoms with Gasteiger partial charge >= 0.3 is 0 Å². The molecule has 2 aliphatic carbocycles. The van der Waals surface area contributed by atoms with E-state index in [2.05, 4.69) is 211 Å². The summed E-state index contributed by atoms with van der Waals surface area (Å²) in [7, 11) is 0. The molecule has 260 valence electrons. The van der Waals surface area contributed by atoms with Crippen molar-refractivity contribution < 1.29 is 0 Å². The Bertz CT molecular complexity index is 3140. The van der Waals surface area contributed by atoms with Crippen LogP contribution >= 0.6 is 0 Å². The van der Waals surface area contributed by atoms with Gasteiger partial charge in [0, 0.05) is 11.3 Å². The maximum atomic E-state index is 5.08. The van der Waals surface area contributed by atoms with E-state index in [9.17, 15) is 0 Å². The number of hydrogen-bond acceptors (Lipinski definition) is 1. The van der Waals surface area contributed by atoms with Gasteiger partial charge in [-0.2, -0.15) is 0 Å². The van der Waals surface area contributed by atoms with Gasteiger partial charge in [-0.05, 0) is 114 Å². The molecule has 0 N–H and O–H groups in total. The van der Waals surface area contributed by atoms with E-state index in [4.69, 9.17) is 4.98 Å². The smallest absolute Gasteiger partial charge is 0.145 e. The number of para-hydroxylation sites is 2. The molecule has 0 unspecified atom stereocenters. The van der Waals surface area contributed by atoms with Crippen LogP contribution in [0.4, 0.5) is 0 Å². The Labute approximate surface area is 325 Å². The van der Waals surface area contributed by atoms with Crippen molar-refractivity contribution in [1.82, 2.24) is 9.55 Å². The predicted molar refractivity (Wildman–Crippen MR) is 231 cm³/mol. The second-order valence-electron chi connectivity index (χ2n) is 15.1. The Morgan fingerprint density at radius 2 is 0.911 bits per heavy atom. The van der Waals surface area contributed by atoms with Crippen molar-refractivity contribution in [2.24, 2.45) is 0 Å². The van der Waals surface area contributed by atoms with Crippen LogP contribution in [0.5, 0.6) is 0 Å². The summed E-state index contributed by atoms with van der Waals surface area (Å²) < 4.78 is 2.28. The van der Waals surface area contributed by atoms with Crippen molar-refractivity contribution in [3.63, 3.8) is 0 Å². The van der Waals surface area contributed by atoms with Gasteiger partial charge < -0.3 is 0 Å². The maximum absolute atomic E-state index is 5.08. The lowest BCUT2D eigenvalue weighted by Gasteiger charge is -2.31. The molecule has 1 spiro atoms. The van der Waals surface area contributed by atoms with Crippen LogP contribution in [0.3, 0.4) is 0 Å². The van der Waals surface area contributed by atoms with E-state index < -0.39 is 5.41 Å². The SMILES string of the molecule is c1ccc(-c2nc3ccccc3n2-c2ccc(-c3ccc4c(c3)C3(c5ccccc5-c5ccccc53)c3cc(-c5cccc6ccccc56)ccc3-4)cc2)cc1. The normalized spacial score (nSPS) is 13.1. The van der Waals surface area contributed by atoms with Gasteiger partial charge in [-0.25, -0.2) is 4.98 Å². The first-order chi connectivity index (χ1) is 27.8. The lowest BCUT2D eigenvalue weighted by Crippen LogP contribution is -2.26. The first kappa shape index (κ1) is 31.1. The highest BCUT2D eigenvalue weighted by Crippen LogP contribution is 2.63. The van der Waals surface area contributed by atoms with Crippen LogP contribution in [0, 0.1) is 0 Å². The number of fused-ring (bicyclic) bond motifs is 12. The molecule has 1 heterocycles. The number of benzene rings is 9. The standard InChI is InChI=1S/C54H34N2/c1-2-14-37(15-3-1)53-55-51-23-10-11-24-52(51)56(53)40-29-25-35(26-30-40)38-27-31-45-46-32-28-39(42-20-12-16-36-13-4-5-17-41(36)42)34-50(46)54(49(45)33-38)47-21-8-6-18-43(47)44-19-7-9-22-48(44)54/h1-34H. The minimum atomic E-state index is -0.450. The summed E-state index contributed by atoms with van der Waals surface area (Å²) in [6.07, 6.45) is 0. The lowest BCUT2D eigenvalue weighted by molar-refractivity contribution is 0.794. The Balaban J connectivity index is 1.05. The Morgan fingerprint density at radius 3 is 1.68 bits per heavy atom. The summed E-state index contributed by atoms with van der Waals surface area (Å²) in [5.74, 6) is 0.943. The lowest BCUT2D eigenvalue weighted by atomic mass is 9.70. The quantitative estimate of drug-likeness (QED) is 0.178. The van der Waals surface area contributed by atoms with Gasteiger partial charge in [-0.15, -0.1) is 0 Å². The van der Waals surface area contributed by atoms with Gasteiger partial charge in [-0.1, -0.05) is 170 Å². The fraction of sp³-hybridized carbons (Fsp3) is 0.0185. The van der Waals surface area contributed by atoms with E-state index in [-0.39, 0.29) is 0 Å². The van der Waals surface area contributed by atoms with Crippen molar-refractivity contribution >= 4 is 21.8 Å². The molecule has 0 atom stereocenters. The third kappa shape index (κ3) is 4.30. The van der Waals surface area contributed by atoms with E-state index >= 15 is 0 Å². The van der Waals surface area contributed by atoms with Crippen LogP contribution < -0.4 is 0 Å². The molecule has 0 radical (unpaired) electrons. The van der Waals surface area contributed by atoms with Gasteiger partial charge in [0.2, 0.25) is 0 Å². The average molecular weight is 711 g/mol. The molecule has 0 aliphatic heterocycles. The molecular weight excluding hydrogens is 677 g/mol. The zero-order valence-electron chi connectivity index (χ0n) is 30.5. The van der Waals surface area contributed by atoms with Crippen LogP contribution in [-0.4, -0.2) is 9.55 Å². The molecule has 2 heteroatoms. The van der Waals surface area contributed by atoms with Crippen LogP contribution in [0.15, 0.2) is 206 Å². The first-order valence-corrected chi connectivity index (χ1v) is 19.4. The van der Waals surface area contributed by atoms with Crippen molar-refractivity contribution in [1.29, 1.82) is 0 Å². The van der Waals surface area contributed by atoms with Crippen molar-refractivity contribution in [3.8, 4) is 61.6 Å². The molecule has 12 rings (SSSR count). The molecule has 10 aromatic rings. The van der Waals surface area contributed by atoms with Crippen molar-refractivity contribution in [2.75, 3.05) is 0 Å². The Hall–Kier alpha value is -7.29.